The first-order valence-electron chi connectivity index (χ1n) is 6.29. The standard InChI is InChI=1S/C13H20N4O/c1-9-4-5-11(12(14)15)13(16-9)17-6-2-3-10(7-17)8-18/h4-5,10,18H,2-3,6-8H2,1H3,(H3,14,15). The summed E-state index contributed by atoms with van der Waals surface area (Å²) < 4.78 is 0. The highest BCUT2D eigenvalue weighted by molar-refractivity contribution is 5.99. The molecule has 0 saturated carbocycles. The minimum absolute atomic E-state index is 0.0450. The van der Waals surface area contributed by atoms with Crippen LogP contribution in [0.3, 0.4) is 0 Å². The molecule has 0 aromatic carbocycles. The molecule has 1 saturated heterocycles. The lowest BCUT2D eigenvalue weighted by molar-refractivity contribution is 0.208. The van der Waals surface area contributed by atoms with Crippen LogP contribution in [0.1, 0.15) is 24.1 Å². The van der Waals surface area contributed by atoms with Crippen LogP contribution in [-0.4, -0.2) is 35.6 Å². The van der Waals surface area contributed by atoms with Gasteiger partial charge in [-0.05, 0) is 37.8 Å². The van der Waals surface area contributed by atoms with E-state index in [1.165, 1.54) is 0 Å². The number of aryl methyl sites for hydroxylation is 1. The van der Waals surface area contributed by atoms with Crippen molar-refractivity contribution < 1.29 is 5.11 Å². The third-order valence-corrected chi connectivity index (χ3v) is 3.38. The quantitative estimate of drug-likeness (QED) is 0.547. The highest BCUT2D eigenvalue weighted by Crippen LogP contribution is 2.24. The first kappa shape index (κ1) is 12.8. The first-order valence-corrected chi connectivity index (χ1v) is 6.29. The van der Waals surface area contributed by atoms with E-state index >= 15 is 0 Å². The summed E-state index contributed by atoms with van der Waals surface area (Å²) in [5.41, 5.74) is 7.20. The summed E-state index contributed by atoms with van der Waals surface area (Å²) in [6, 6.07) is 3.72. The molecular weight excluding hydrogens is 228 g/mol. The van der Waals surface area contributed by atoms with Crippen molar-refractivity contribution in [1.29, 1.82) is 5.41 Å². The smallest absolute Gasteiger partial charge is 0.139 e. The summed E-state index contributed by atoms with van der Waals surface area (Å²) in [6.45, 7) is 3.83. The summed E-state index contributed by atoms with van der Waals surface area (Å²) >= 11 is 0. The molecule has 0 bridgehead atoms. The van der Waals surface area contributed by atoms with Gasteiger partial charge in [-0.25, -0.2) is 4.98 Å². The molecule has 1 aliphatic heterocycles. The molecule has 1 fully saturated rings. The van der Waals surface area contributed by atoms with Crippen molar-refractivity contribution in [3.63, 3.8) is 0 Å². The van der Waals surface area contributed by atoms with Crippen LogP contribution in [0.5, 0.6) is 0 Å². The number of hydrogen-bond donors (Lipinski definition) is 3. The van der Waals surface area contributed by atoms with E-state index in [0.29, 0.717) is 11.5 Å². The first-order chi connectivity index (χ1) is 8.61. The van der Waals surface area contributed by atoms with Gasteiger partial charge in [0.15, 0.2) is 0 Å². The monoisotopic (exact) mass is 248 g/mol. The highest BCUT2D eigenvalue weighted by Gasteiger charge is 2.22. The van der Waals surface area contributed by atoms with Gasteiger partial charge in [-0.3, -0.25) is 5.41 Å². The molecule has 5 heteroatoms. The third-order valence-electron chi connectivity index (χ3n) is 3.38. The van der Waals surface area contributed by atoms with Crippen LogP contribution in [0.4, 0.5) is 5.82 Å². The topological polar surface area (TPSA) is 86.2 Å². The van der Waals surface area contributed by atoms with E-state index in [1.54, 1.807) is 0 Å². The van der Waals surface area contributed by atoms with E-state index in [2.05, 4.69) is 9.88 Å². The predicted octanol–water partition coefficient (Wildman–Crippen LogP) is 0.883. The summed E-state index contributed by atoms with van der Waals surface area (Å²) in [7, 11) is 0. The SMILES string of the molecule is Cc1ccc(C(=N)N)c(N2CCCC(CO)C2)n1. The van der Waals surface area contributed by atoms with Gasteiger partial charge in [-0.2, -0.15) is 0 Å². The number of nitrogen functional groups attached to an aromatic ring is 1. The Morgan fingerprint density at radius 3 is 3.06 bits per heavy atom. The molecule has 0 aliphatic carbocycles. The number of nitrogens with two attached hydrogens (primary N) is 1. The number of amidine groups is 1. The van der Waals surface area contributed by atoms with Crippen LogP contribution >= 0.6 is 0 Å². The van der Waals surface area contributed by atoms with Crippen molar-refractivity contribution in [1.82, 2.24) is 4.98 Å². The van der Waals surface area contributed by atoms with Gasteiger partial charge in [0, 0.05) is 25.4 Å². The fourth-order valence-electron chi connectivity index (χ4n) is 2.40. The lowest BCUT2D eigenvalue weighted by atomic mass is 9.98. The second-order valence-corrected chi connectivity index (χ2v) is 4.87. The summed E-state index contributed by atoms with van der Waals surface area (Å²) in [6.07, 6.45) is 2.09. The van der Waals surface area contributed by atoms with Crippen molar-refractivity contribution in [2.24, 2.45) is 11.7 Å². The van der Waals surface area contributed by atoms with Crippen LogP contribution in [0.15, 0.2) is 12.1 Å². The van der Waals surface area contributed by atoms with E-state index in [0.717, 1.165) is 37.4 Å². The molecule has 1 unspecified atom stereocenters. The molecule has 98 valence electrons. The van der Waals surface area contributed by atoms with Gasteiger partial charge < -0.3 is 15.7 Å². The van der Waals surface area contributed by atoms with Gasteiger partial charge in [-0.15, -0.1) is 0 Å². The number of rotatable bonds is 3. The number of nitrogens with one attached hydrogen (secondary N) is 1. The van der Waals surface area contributed by atoms with Crippen molar-refractivity contribution in [2.45, 2.75) is 19.8 Å². The van der Waals surface area contributed by atoms with E-state index in [-0.39, 0.29) is 12.4 Å². The van der Waals surface area contributed by atoms with Crippen LogP contribution in [-0.2, 0) is 0 Å². The maximum Gasteiger partial charge on any atom is 0.139 e. The lowest BCUT2D eigenvalue weighted by Crippen LogP contribution is -2.38. The number of pyridine rings is 1. The Morgan fingerprint density at radius 2 is 2.39 bits per heavy atom. The average Bonchev–Trinajstić information content (AvgIpc) is 2.38. The second-order valence-electron chi connectivity index (χ2n) is 4.87. The number of nitrogens with zero attached hydrogens (tertiary/aromatic N) is 2. The predicted molar refractivity (Wildman–Crippen MR) is 72.0 cm³/mol. The summed E-state index contributed by atoms with van der Waals surface area (Å²) in [5.74, 6) is 1.12. The summed E-state index contributed by atoms with van der Waals surface area (Å²) in [4.78, 5) is 6.64. The zero-order valence-electron chi connectivity index (χ0n) is 10.7. The fraction of sp³-hybridized carbons (Fsp3) is 0.538. The third kappa shape index (κ3) is 2.61. The molecule has 18 heavy (non-hydrogen) atoms. The molecule has 0 amide bonds. The average molecular weight is 248 g/mol. The van der Waals surface area contributed by atoms with Crippen molar-refractivity contribution >= 4 is 11.7 Å². The Hall–Kier alpha value is -1.62. The van der Waals surface area contributed by atoms with Gasteiger partial charge in [0.2, 0.25) is 0 Å². The molecule has 1 aromatic rings. The molecule has 1 aliphatic rings. The normalized spacial score (nSPS) is 19.9. The fourth-order valence-corrected chi connectivity index (χ4v) is 2.40. The lowest BCUT2D eigenvalue weighted by Gasteiger charge is -2.33. The van der Waals surface area contributed by atoms with Gasteiger partial charge in [0.1, 0.15) is 11.7 Å². The van der Waals surface area contributed by atoms with Crippen LogP contribution < -0.4 is 10.6 Å². The number of aliphatic hydroxyl groups is 1. The number of piperidine rings is 1. The Morgan fingerprint density at radius 1 is 1.61 bits per heavy atom. The van der Waals surface area contributed by atoms with Crippen molar-refractivity contribution in [2.75, 3.05) is 24.6 Å². The Balaban J connectivity index is 2.31. The highest BCUT2D eigenvalue weighted by atomic mass is 16.3. The van der Waals surface area contributed by atoms with Gasteiger partial charge in [-0.1, -0.05) is 0 Å². The molecule has 4 N–H and O–H groups in total. The minimum Gasteiger partial charge on any atom is -0.396 e. The van der Waals surface area contributed by atoms with E-state index < -0.39 is 0 Å². The van der Waals surface area contributed by atoms with Crippen molar-refractivity contribution in [3.8, 4) is 0 Å². The number of aromatic nitrogens is 1. The van der Waals surface area contributed by atoms with E-state index in [1.807, 2.05) is 19.1 Å². The van der Waals surface area contributed by atoms with Gasteiger partial charge >= 0.3 is 0 Å². The Labute approximate surface area is 107 Å². The van der Waals surface area contributed by atoms with Gasteiger partial charge in [0.25, 0.3) is 0 Å². The largest absolute Gasteiger partial charge is 0.396 e. The molecule has 0 spiro atoms. The summed E-state index contributed by atoms with van der Waals surface area (Å²) in [5, 5.41) is 16.9. The van der Waals surface area contributed by atoms with Crippen LogP contribution in [0, 0.1) is 18.3 Å². The minimum atomic E-state index is 0.0450. The maximum absolute atomic E-state index is 9.27. The molecule has 2 rings (SSSR count). The molecule has 5 nitrogen and oxygen atoms in total. The number of anilines is 1. The molecule has 0 radical (unpaired) electrons. The number of hydrogen-bond acceptors (Lipinski definition) is 4. The molecule has 2 heterocycles. The molecule has 1 atom stereocenters. The Kier molecular flexibility index (Phi) is 3.81. The van der Waals surface area contributed by atoms with Gasteiger partial charge in [0.05, 0.1) is 5.56 Å². The van der Waals surface area contributed by atoms with Crippen LogP contribution in [0.25, 0.3) is 0 Å². The second kappa shape index (κ2) is 5.35. The van der Waals surface area contributed by atoms with E-state index in [9.17, 15) is 5.11 Å². The van der Waals surface area contributed by atoms with Crippen LogP contribution in [0.2, 0.25) is 0 Å². The Bertz CT molecular complexity index is 447. The molecular formula is C13H20N4O. The zero-order valence-corrected chi connectivity index (χ0v) is 10.7. The van der Waals surface area contributed by atoms with E-state index in [4.69, 9.17) is 11.1 Å². The molecule has 1 aromatic heterocycles. The zero-order chi connectivity index (χ0) is 13.1. The number of aliphatic hydroxyl groups excluding tert-OH is 1. The van der Waals surface area contributed by atoms with Crippen molar-refractivity contribution in [3.05, 3.63) is 23.4 Å². The maximum atomic E-state index is 9.27.